The first kappa shape index (κ1) is 12.9. The lowest BCUT2D eigenvalue weighted by atomic mass is 9.99. The minimum Gasteiger partial charge on any atom is -0.382 e. The van der Waals surface area contributed by atoms with Crippen LogP contribution < -0.4 is 15.8 Å². The topological polar surface area (TPSA) is 84.2 Å². The summed E-state index contributed by atoms with van der Waals surface area (Å²) in [6.07, 6.45) is 4.81. The Labute approximate surface area is 113 Å². The molecule has 2 unspecified atom stereocenters. The lowest BCUT2D eigenvalue weighted by Gasteiger charge is -2.30. The van der Waals surface area contributed by atoms with Gasteiger partial charge in [0.15, 0.2) is 0 Å². The minimum absolute atomic E-state index is 0.156. The van der Waals surface area contributed by atoms with Gasteiger partial charge in [-0.25, -0.2) is 13.6 Å². The maximum absolute atomic E-state index is 11.2. The Morgan fingerprint density at radius 3 is 2.21 bits per heavy atom. The van der Waals surface area contributed by atoms with E-state index in [4.69, 9.17) is 5.14 Å². The van der Waals surface area contributed by atoms with Gasteiger partial charge in [0.05, 0.1) is 4.90 Å². The van der Waals surface area contributed by atoms with Gasteiger partial charge >= 0.3 is 0 Å². The lowest BCUT2D eigenvalue weighted by Crippen LogP contribution is -2.43. The molecule has 3 rings (SSSR count). The maximum Gasteiger partial charge on any atom is 0.238 e. The van der Waals surface area contributed by atoms with Crippen LogP contribution in [-0.2, 0) is 10.0 Å². The molecule has 0 aromatic heterocycles. The summed E-state index contributed by atoms with van der Waals surface area (Å²) in [6.45, 7) is 0. The summed E-state index contributed by atoms with van der Waals surface area (Å²) in [5.41, 5.74) is 0.957. The molecule has 2 bridgehead atoms. The van der Waals surface area contributed by atoms with Crippen LogP contribution >= 0.6 is 0 Å². The number of benzene rings is 1. The van der Waals surface area contributed by atoms with Gasteiger partial charge in [-0.1, -0.05) is 0 Å². The van der Waals surface area contributed by atoms with Crippen molar-refractivity contribution in [1.29, 1.82) is 0 Å². The molecule has 5 nitrogen and oxygen atoms in total. The Hall–Kier alpha value is -1.11. The van der Waals surface area contributed by atoms with E-state index in [-0.39, 0.29) is 4.90 Å². The van der Waals surface area contributed by atoms with Crippen molar-refractivity contribution in [1.82, 2.24) is 5.32 Å². The first-order valence-electron chi connectivity index (χ1n) is 6.66. The van der Waals surface area contributed by atoms with Gasteiger partial charge in [-0.3, -0.25) is 0 Å². The van der Waals surface area contributed by atoms with Gasteiger partial charge in [0.25, 0.3) is 0 Å². The molecule has 2 saturated heterocycles. The Kier molecular flexibility index (Phi) is 3.24. The summed E-state index contributed by atoms with van der Waals surface area (Å²) in [5.74, 6) is 0. The highest BCUT2D eigenvalue weighted by Crippen LogP contribution is 2.28. The molecule has 2 fully saturated rings. The van der Waals surface area contributed by atoms with Crippen LogP contribution in [0.2, 0.25) is 0 Å². The van der Waals surface area contributed by atoms with Gasteiger partial charge in [0.1, 0.15) is 0 Å². The van der Waals surface area contributed by atoms with Crippen LogP contribution in [-0.4, -0.2) is 26.5 Å². The molecule has 2 aliphatic rings. The maximum atomic E-state index is 11.2. The Balaban J connectivity index is 1.67. The number of nitrogens with one attached hydrogen (secondary N) is 2. The molecule has 0 saturated carbocycles. The van der Waals surface area contributed by atoms with E-state index < -0.39 is 10.0 Å². The van der Waals surface area contributed by atoms with E-state index in [1.165, 1.54) is 12.8 Å². The third kappa shape index (κ3) is 2.91. The number of rotatable bonds is 3. The van der Waals surface area contributed by atoms with Crippen molar-refractivity contribution in [3.05, 3.63) is 24.3 Å². The highest BCUT2D eigenvalue weighted by molar-refractivity contribution is 7.89. The monoisotopic (exact) mass is 281 g/mol. The normalized spacial score (nSPS) is 30.3. The molecule has 19 heavy (non-hydrogen) atoms. The third-order valence-corrected chi connectivity index (χ3v) is 4.96. The summed E-state index contributed by atoms with van der Waals surface area (Å²) in [4.78, 5) is 0.156. The van der Waals surface area contributed by atoms with Gasteiger partial charge in [-0.15, -0.1) is 0 Å². The molecule has 2 heterocycles. The summed E-state index contributed by atoms with van der Waals surface area (Å²) >= 11 is 0. The second-order valence-corrected chi connectivity index (χ2v) is 7.08. The lowest BCUT2D eigenvalue weighted by molar-refractivity contribution is 0.378. The fraction of sp³-hybridized carbons (Fsp3) is 0.538. The largest absolute Gasteiger partial charge is 0.382 e. The van der Waals surface area contributed by atoms with E-state index in [1.807, 2.05) is 0 Å². The van der Waals surface area contributed by atoms with Crippen LogP contribution in [0.25, 0.3) is 0 Å². The summed E-state index contributed by atoms with van der Waals surface area (Å²) < 4.78 is 22.4. The molecular formula is C13H19N3O2S. The van der Waals surface area contributed by atoms with E-state index in [0.29, 0.717) is 18.1 Å². The molecule has 0 amide bonds. The minimum atomic E-state index is -3.60. The quantitative estimate of drug-likeness (QED) is 0.772. The van der Waals surface area contributed by atoms with E-state index in [0.717, 1.165) is 18.5 Å². The SMILES string of the molecule is NS(=O)(=O)c1ccc(NC2CC3CCC(C2)N3)cc1. The molecule has 2 aliphatic heterocycles. The number of primary sulfonamides is 1. The van der Waals surface area contributed by atoms with Crippen molar-refractivity contribution < 1.29 is 8.42 Å². The van der Waals surface area contributed by atoms with Crippen LogP contribution in [0.5, 0.6) is 0 Å². The van der Waals surface area contributed by atoms with Crippen molar-refractivity contribution in [3.8, 4) is 0 Å². The van der Waals surface area contributed by atoms with Crippen LogP contribution in [0.4, 0.5) is 5.69 Å². The Morgan fingerprint density at radius 2 is 1.68 bits per heavy atom. The fourth-order valence-corrected chi connectivity index (χ4v) is 3.67. The Bertz CT molecular complexity index is 544. The van der Waals surface area contributed by atoms with Crippen molar-refractivity contribution in [2.45, 2.75) is 48.7 Å². The molecule has 0 aliphatic carbocycles. The molecule has 104 valence electrons. The summed E-state index contributed by atoms with van der Waals surface area (Å²) in [6, 6.07) is 8.41. The number of hydrogen-bond donors (Lipinski definition) is 3. The van der Waals surface area contributed by atoms with Gasteiger partial charge in [0, 0.05) is 23.8 Å². The van der Waals surface area contributed by atoms with Crippen molar-refractivity contribution in [2.24, 2.45) is 5.14 Å². The summed E-state index contributed by atoms with van der Waals surface area (Å²) in [7, 11) is -3.60. The molecule has 1 aromatic rings. The molecule has 6 heteroatoms. The number of piperidine rings is 1. The van der Waals surface area contributed by atoms with E-state index >= 15 is 0 Å². The molecule has 1 aromatic carbocycles. The zero-order valence-corrected chi connectivity index (χ0v) is 11.5. The van der Waals surface area contributed by atoms with Gasteiger partial charge in [0.2, 0.25) is 10.0 Å². The number of fused-ring (bicyclic) bond motifs is 2. The predicted octanol–water partition coefficient (Wildman–Crippen LogP) is 1.03. The van der Waals surface area contributed by atoms with E-state index in [9.17, 15) is 8.42 Å². The second-order valence-electron chi connectivity index (χ2n) is 5.52. The molecule has 4 N–H and O–H groups in total. The van der Waals surface area contributed by atoms with E-state index in [1.54, 1.807) is 24.3 Å². The fourth-order valence-electron chi connectivity index (χ4n) is 3.15. The van der Waals surface area contributed by atoms with Crippen molar-refractivity contribution >= 4 is 15.7 Å². The van der Waals surface area contributed by atoms with Crippen LogP contribution in [0.1, 0.15) is 25.7 Å². The zero-order chi connectivity index (χ0) is 13.5. The Morgan fingerprint density at radius 1 is 1.11 bits per heavy atom. The average molecular weight is 281 g/mol. The molecule has 0 spiro atoms. The van der Waals surface area contributed by atoms with Crippen molar-refractivity contribution in [3.63, 3.8) is 0 Å². The van der Waals surface area contributed by atoms with Gasteiger partial charge in [-0.05, 0) is 49.9 Å². The standard InChI is InChI=1S/C13H19N3O2S/c14-19(17,18)13-5-3-9(4-6-13)15-12-7-10-1-2-11(8-12)16-10/h3-6,10-12,15-16H,1-2,7-8H2,(H2,14,17,18). The predicted molar refractivity (Wildman–Crippen MR) is 74.4 cm³/mol. The highest BCUT2D eigenvalue weighted by Gasteiger charge is 2.33. The first-order valence-corrected chi connectivity index (χ1v) is 8.21. The average Bonchev–Trinajstić information content (AvgIpc) is 2.68. The van der Waals surface area contributed by atoms with Crippen LogP contribution in [0, 0.1) is 0 Å². The number of nitrogens with two attached hydrogens (primary N) is 1. The molecule has 0 radical (unpaired) electrons. The van der Waals surface area contributed by atoms with Crippen LogP contribution in [0.15, 0.2) is 29.2 Å². The van der Waals surface area contributed by atoms with Crippen LogP contribution in [0.3, 0.4) is 0 Å². The van der Waals surface area contributed by atoms with E-state index in [2.05, 4.69) is 10.6 Å². The van der Waals surface area contributed by atoms with Gasteiger partial charge < -0.3 is 10.6 Å². The molecule has 2 atom stereocenters. The molecular weight excluding hydrogens is 262 g/mol. The van der Waals surface area contributed by atoms with Crippen molar-refractivity contribution in [2.75, 3.05) is 5.32 Å². The number of sulfonamides is 1. The third-order valence-electron chi connectivity index (χ3n) is 4.03. The summed E-state index contributed by atoms with van der Waals surface area (Å²) in [5, 5.41) is 12.2. The smallest absolute Gasteiger partial charge is 0.238 e. The number of hydrogen-bond acceptors (Lipinski definition) is 4. The second kappa shape index (κ2) is 4.77. The zero-order valence-electron chi connectivity index (χ0n) is 10.7. The number of anilines is 1. The first-order chi connectivity index (χ1) is 9.00. The highest BCUT2D eigenvalue weighted by atomic mass is 32.2. The van der Waals surface area contributed by atoms with Gasteiger partial charge in [-0.2, -0.15) is 0 Å².